The lowest BCUT2D eigenvalue weighted by Crippen LogP contribution is -2.57. The molecule has 2 N–H and O–H groups in total. The molecule has 30 heavy (non-hydrogen) atoms. The van der Waals surface area contributed by atoms with E-state index in [2.05, 4.69) is 15.6 Å². The second-order valence-corrected chi connectivity index (χ2v) is 10.8. The van der Waals surface area contributed by atoms with Crippen molar-refractivity contribution < 1.29 is 17.9 Å². The highest BCUT2D eigenvalue weighted by molar-refractivity contribution is 14.0. The van der Waals surface area contributed by atoms with E-state index in [4.69, 9.17) is 4.74 Å². The zero-order valence-corrected chi connectivity index (χ0v) is 20.8. The molecule has 1 unspecified atom stereocenters. The molecule has 0 bridgehead atoms. The molecule has 2 fully saturated rings. The molecule has 1 aromatic carbocycles. The van der Waals surface area contributed by atoms with E-state index >= 15 is 0 Å². The molecule has 0 spiro atoms. The Morgan fingerprint density at radius 1 is 1.37 bits per heavy atom. The van der Waals surface area contributed by atoms with Crippen molar-refractivity contribution in [3.63, 3.8) is 0 Å². The van der Waals surface area contributed by atoms with E-state index in [-0.39, 0.29) is 41.7 Å². The van der Waals surface area contributed by atoms with Gasteiger partial charge in [-0.2, -0.15) is 0 Å². The molecule has 2 heterocycles. The normalized spacial score (nSPS) is 22.8. The molecular weight excluding hydrogens is 519 g/mol. The molecule has 1 aromatic rings. The standard InChI is InChI=1S/C20H30N4O4S.HI/c1-20(2)14-24(9-11-29(20,26)27)19(21-3)22-13-15-6-4-7-16(12-15)23-18(25)17-8-5-10-28-17;/h4,6-7,12,17H,5,8-11,13-14H2,1-3H3,(H,21,22)(H,23,25);1H. The van der Waals surface area contributed by atoms with E-state index in [9.17, 15) is 13.2 Å². The Hall–Kier alpha value is -1.40. The summed E-state index contributed by atoms with van der Waals surface area (Å²) in [6.07, 6.45) is 1.30. The molecular formula is C20H31IN4O4S. The fourth-order valence-electron chi connectivity index (χ4n) is 3.60. The third-order valence-electron chi connectivity index (χ3n) is 5.42. The molecule has 2 aliphatic heterocycles. The number of ether oxygens (including phenoxy) is 1. The lowest BCUT2D eigenvalue weighted by atomic mass is 10.1. The van der Waals surface area contributed by atoms with Crippen LogP contribution in [-0.4, -0.2) is 68.5 Å². The van der Waals surface area contributed by atoms with Gasteiger partial charge in [-0.05, 0) is 44.4 Å². The van der Waals surface area contributed by atoms with Gasteiger partial charge in [0, 0.05) is 39.0 Å². The van der Waals surface area contributed by atoms with Crippen LogP contribution in [0.4, 0.5) is 5.69 Å². The molecule has 0 aliphatic carbocycles. The largest absolute Gasteiger partial charge is 0.368 e. The quantitative estimate of drug-likeness (QED) is 0.338. The predicted molar refractivity (Wildman–Crippen MR) is 129 cm³/mol. The minimum absolute atomic E-state index is 0. The van der Waals surface area contributed by atoms with Crippen LogP contribution >= 0.6 is 24.0 Å². The zero-order chi connectivity index (χ0) is 21.1. The number of sulfone groups is 1. The molecule has 1 atom stereocenters. The van der Waals surface area contributed by atoms with Gasteiger partial charge in [0.1, 0.15) is 6.10 Å². The second kappa shape index (κ2) is 10.3. The highest BCUT2D eigenvalue weighted by Crippen LogP contribution is 2.24. The van der Waals surface area contributed by atoms with Crippen molar-refractivity contribution in [3.05, 3.63) is 29.8 Å². The molecule has 2 saturated heterocycles. The molecule has 0 aromatic heterocycles. The number of benzene rings is 1. The predicted octanol–water partition coefficient (Wildman–Crippen LogP) is 2.01. The van der Waals surface area contributed by atoms with Gasteiger partial charge >= 0.3 is 0 Å². The Kier molecular flexibility index (Phi) is 8.51. The van der Waals surface area contributed by atoms with Gasteiger partial charge in [0.25, 0.3) is 5.91 Å². The Morgan fingerprint density at radius 3 is 2.77 bits per heavy atom. The van der Waals surface area contributed by atoms with Crippen LogP contribution in [0.15, 0.2) is 29.3 Å². The van der Waals surface area contributed by atoms with E-state index in [1.807, 2.05) is 29.2 Å². The molecule has 0 radical (unpaired) electrons. The van der Waals surface area contributed by atoms with Gasteiger partial charge in [-0.1, -0.05) is 12.1 Å². The van der Waals surface area contributed by atoms with Crippen LogP contribution in [0, 0.1) is 0 Å². The van der Waals surface area contributed by atoms with Gasteiger partial charge in [0.15, 0.2) is 15.8 Å². The Labute approximate surface area is 195 Å². The number of nitrogens with one attached hydrogen (secondary N) is 2. The highest BCUT2D eigenvalue weighted by Gasteiger charge is 2.40. The van der Waals surface area contributed by atoms with Crippen LogP contribution in [0.25, 0.3) is 0 Å². The number of carbonyl (C=O) groups is 1. The van der Waals surface area contributed by atoms with E-state index < -0.39 is 14.6 Å². The number of halogens is 1. The smallest absolute Gasteiger partial charge is 0.253 e. The monoisotopic (exact) mass is 550 g/mol. The first-order valence-corrected chi connectivity index (χ1v) is 11.6. The van der Waals surface area contributed by atoms with Crippen LogP contribution in [0.1, 0.15) is 32.3 Å². The van der Waals surface area contributed by atoms with Crippen molar-refractivity contribution in [2.45, 2.75) is 44.1 Å². The topological polar surface area (TPSA) is 100 Å². The minimum Gasteiger partial charge on any atom is -0.368 e. The maximum atomic E-state index is 12.2. The first kappa shape index (κ1) is 24.9. The molecule has 0 saturated carbocycles. The van der Waals surface area contributed by atoms with Gasteiger partial charge in [0.05, 0.1) is 10.5 Å². The van der Waals surface area contributed by atoms with Crippen LogP contribution in [-0.2, 0) is 25.9 Å². The van der Waals surface area contributed by atoms with Crippen LogP contribution in [0.3, 0.4) is 0 Å². The number of nitrogens with zero attached hydrogens (tertiary/aromatic N) is 2. The van der Waals surface area contributed by atoms with Crippen LogP contribution < -0.4 is 10.6 Å². The first-order chi connectivity index (χ1) is 13.7. The zero-order valence-electron chi connectivity index (χ0n) is 17.7. The van der Waals surface area contributed by atoms with Crippen molar-refractivity contribution in [2.24, 2.45) is 4.99 Å². The summed E-state index contributed by atoms with van der Waals surface area (Å²) in [5.41, 5.74) is 1.71. The Bertz CT molecular complexity index is 883. The molecule has 1 amide bonds. The lowest BCUT2D eigenvalue weighted by Gasteiger charge is -2.39. The third-order valence-corrected chi connectivity index (χ3v) is 7.96. The number of anilines is 1. The van der Waals surface area contributed by atoms with Crippen molar-refractivity contribution in [1.29, 1.82) is 0 Å². The fraction of sp³-hybridized carbons (Fsp3) is 0.600. The van der Waals surface area contributed by atoms with E-state index in [0.29, 0.717) is 32.2 Å². The number of aliphatic imine (C=N–C) groups is 1. The molecule has 2 aliphatic rings. The summed E-state index contributed by atoms with van der Waals surface area (Å²) in [5.74, 6) is 0.674. The average molecular weight is 550 g/mol. The summed E-state index contributed by atoms with van der Waals surface area (Å²) >= 11 is 0. The van der Waals surface area contributed by atoms with Gasteiger partial charge in [-0.3, -0.25) is 9.79 Å². The van der Waals surface area contributed by atoms with E-state index in [0.717, 1.165) is 24.1 Å². The van der Waals surface area contributed by atoms with Gasteiger partial charge in [-0.25, -0.2) is 8.42 Å². The van der Waals surface area contributed by atoms with Gasteiger partial charge in [-0.15, -0.1) is 24.0 Å². The Balaban J connectivity index is 0.00000320. The van der Waals surface area contributed by atoms with Gasteiger partial charge < -0.3 is 20.3 Å². The maximum Gasteiger partial charge on any atom is 0.253 e. The summed E-state index contributed by atoms with van der Waals surface area (Å²) in [6.45, 7) is 5.47. The number of amides is 1. The number of guanidine groups is 1. The SMILES string of the molecule is CN=C(NCc1cccc(NC(=O)C2CCCO2)c1)N1CCS(=O)(=O)C(C)(C)C1.I. The number of hydrogen-bond acceptors (Lipinski definition) is 5. The van der Waals surface area contributed by atoms with Crippen molar-refractivity contribution >= 4 is 51.4 Å². The first-order valence-electron chi connectivity index (χ1n) is 9.91. The molecule has 10 heteroatoms. The number of carbonyl (C=O) groups excluding carboxylic acids is 1. The summed E-state index contributed by atoms with van der Waals surface area (Å²) in [5, 5.41) is 6.21. The van der Waals surface area contributed by atoms with E-state index in [1.54, 1.807) is 20.9 Å². The van der Waals surface area contributed by atoms with Crippen molar-refractivity contribution in [2.75, 3.05) is 37.8 Å². The van der Waals surface area contributed by atoms with Crippen LogP contribution in [0.5, 0.6) is 0 Å². The molecule has 8 nitrogen and oxygen atoms in total. The van der Waals surface area contributed by atoms with Crippen LogP contribution in [0.2, 0.25) is 0 Å². The third kappa shape index (κ3) is 5.85. The Morgan fingerprint density at radius 2 is 2.13 bits per heavy atom. The second-order valence-electron chi connectivity index (χ2n) is 8.09. The van der Waals surface area contributed by atoms with Crippen molar-refractivity contribution in [3.8, 4) is 0 Å². The average Bonchev–Trinajstić information content (AvgIpc) is 3.20. The number of rotatable bonds is 4. The fourth-order valence-corrected chi connectivity index (χ4v) is 4.97. The lowest BCUT2D eigenvalue weighted by molar-refractivity contribution is -0.124. The summed E-state index contributed by atoms with van der Waals surface area (Å²) in [4.78, 5) is 18.5. The number of hydrogen-bond donors (Lipinski definition) is 2. The highest BCUT2D eigenvalue weighted by atomic mass is 127. The summed E-state index contributed by atoms with van der Waals surface area (Å²) < 4.78 is 29.1. The van der Waals surface area contributed by atoms with Crippen molar-refractivity contribution in [1.82, 2.24) is 10.2 Å². The minimum atomic E-state index is -3.10. The van der Waals surface area contributed by atoms with Gasteiger partial charge in [0.2, 0.25) is 0 Å². The molecule has 168 valence electrons. The molecule has 3 rings (SSSR count). The van der Waals surface area contributed by atoms with E-state index in [1.165, 1.54) is 0 Å². The maximum absolute atomic E-state index is 12.2. The summed E-state index contributed by atoms with van der Waals surface area (Å²) in [6, 6.07) is 7.62. The summed E-state index contributed by atoms with van der Waals surface area (Å²) in [7, 11) is -1.41.